The van der Waals surface area contributed by atoms with Crippen LogP contribution >= 0.6 is 0 Å². The molecular formula is C35H37FO3. The van der Waals surface area contributed by atoms with Gasteiger partial charge in [0.1, 0.15) is 5.82 Å². The minimum Gasteiger partial charge on any atom is -0.393 e. The average Bonchev–Trinajstić information content (AvgIpc) is 3.18. The summed E-state index contributed by atoms with van der Waals surface area (Å²) in [5.74, 6) is 1.27. The summed E-state index contributed by atoms with van der Waals surface area (Å²) >= 11 is 0. The molecule has 0 aliphatic heterocycles. The quantitative estimate of drug-likeness (QED) is 0.254. The lowest BCUT2D eigenvalue weighted by Crippen LogP contribution is -2.50. The predicted octanol–water partition coefficient (Wildman–Crippen LogP) is 7.61. The van der Waals surface area contributed by atoms with Gasteiger partial charge in [-0.2, -0.15) is 0 Å². The number of aliphatic hydroxyl groups is 1. The molecule has 6 rings (SSSR count). The molecular weight excluding hydrogens is 487 g/mol. The molecule has 4 aliphatic carbocycles. The third-order valence-corrected chi connectivity index (χ3v) is 10.6. The largest absolute Gasteiger partial charge is 0.393 e. The van der Waals surface area contributed by atoms with Crippen molar-refractivity contribution < 1.29 is 19.1 Å². The van der Waals surface area contributed by atoms with Gasteiger partial charge in [0.25, 0.3) is 0 Å². The van der Waals surface area contributed by atoms with Gasteiger partial charge in [-0.15, -0.1) is 0 Å². The smallest absolute Gasteiger partial charge is 0.185 e. The number of benzene rings is 2. The Hall–Kier alpha value is -3.11. The van der Waals surface area contributed by atoms with E-state index < -0.39 is 0 Å². The van der Waals surface area contributed by atoms with E-state index in [2.05, 4.69) is 26.0 Å². The number of halogens is 1. The number of Topliss-reactive ketones (excluding diaryl/α,β-unsaturated/α-hetero) is 1. The number of fused-ring (bicyclic) bond motifs is 5. The maximum Gasteiger partial charge on any atom is 0.185 e. The van der Waals surface area contributed by atoms with Crippen LogP contribution in [0.1, 0.15) is 80.3 Å². The van der Waals surface area contributed by atoms with Crippen molar-refractivity contribution in [2.24, 2.45) is 28.6 Å². The van der Waals surface area contributed by atoms with Gasteiger partial charge in [0, 0.05) is 11.0 Å². The van der Waals surface area contributed by atoms with E-state index in [1.165, 1.54) is 35.9 Å². The molecule has 4 heteroatoms. The van der Waals surface area contributed by atoms with Crippen molar-refractivity contribution >= 4 is 23.7 Å². The van der Waals surface area contributed by atoms with Crippen LogP contribution in [-0.4, -0.2) is 22.8 Å². The number of aliphatic hydroxyl groups excluding tert-OH is 1. The van der Waals surface area contributed by atoms with E-state index >= 15 is 0 Å². The molecule has 0 radical (unpaired) electrons. The molecule has 3 nitrogen and oxygen atoms in total. The number of hydrogen-bond donors (Lipinski definition) is 1. The van der Waals surface area contributed by atoms with Gasteiger partial charge < -0.3 is 5.11 Å². The second-order valence-electron chi connectivity index (χ2n) is 12.7. The number of ketones is 2. The summed E-state index contributed by atoms with van der Waals surface area (Å²) in [6, 6.07) is 13.5. The van der Waals surface area contributed by atoms with Gasteiger partial charge in [0.05, 0.1) is 6.10 Å². The molecule has 0 saturated heterocycles. The topological polar surface area (TPSA) is 54.4 Å². The first-order valence-electron chi connectivity index (χ1n) is 14.4. The van der Waals surface area contributed by atoms with Crippen molar-refractivity contribution in [2.45, 2.75) is 64.9 Å². The molecule has 0 bridgehead atoms. The van der Waals surface area contributed by atoms with Gasteiger partial charge in [-0.3, -0.25) is 9.59 Å². The Morgan fingerprint density at radius 3 is 2.36 bits per heavy atom. The fourth-order valence-corrected chi connectivity index (χ4v) is 8.23. The van der Waals surface area contributed by atoms with Crippen LogP contribution in [-0.2, 0) is 4.79 Å². The second kappa shape index (κ2) is 9.82. The summed E-state index contributed by atoms with van der Waals surface area (Å²) < 4.78 is 13.1. The third-order valence-electron chi connectivity index (χ3n) is 10.6. The molecule has 2 aromatic rings. The highest BCUT2D eigenvalue weighted by atomic mass is 19.1. The highest BCUT2D eigenvalue weighted by molar-refractivity contribution is 6.07. The number of carbonyl (C=O) groups excluding carboxylic acids is 2. The van der Waals surface area contributed by atoms with Crippen molar-refractivity contribution in [1.29, 1.82) is 0 Å². The molecule has 0 amide bonds. The van der Waals surface area contributed by atoms with Crippen molar-refractivity contribution in [3.8, 4) is 0 Å². The van der Waals surface area contributed by atoms with Crippen molar-refractivity contribution in [1.82, 2.24) is 0 Å². The maximum atomic E-state index is 13.8. The summed E-state index contributed by atoms with van der Waals surface area (Å²) in [6.07, 6.45) is 14.2. The Bertz CT molecular complexity index is 1380. The molecule has 2 aromatic carbocycles. The van der Waals surface area contributed by atoms with Gasteiger partial charge in [0.2, 0.25) is 0 Å². The zero-order valence-electron chi connectivity index (χ0n) is 22.8. The Labute approximate surface area is 230 Å². The van der Waals surface area contributed by atoms with Gasteiger partial charge in [0.15, 0.2) is 11.6 Å². The van der Waals surface area contributed by atoms with Crippen LogP contribution in [0, 0.1) is 34.4 Å². The highest BCUT2D eigenvalue weighted by Crippen LogP contribution is 2.64. The Morgan fingerprint density at radius 1 is 0.923 bits per heavy atom. The molecule has 202 valence electrons. The number of rotatable bonds is 4. The van der Waals surface area contributed by atoms with Gasteiger partial charge in [-0.1, -0.05) is 55.8 Å². The van der Waals surface area contributed by atoms with Gasteiger partial charge >= 0.3 is 0 Å². The van der Waals surface area contributed by atoms with Crippen LogP contribution in [0.2, 0.25) is 0 Å². The first kappa shape index (κ1) is 26.1. The molecule has 1 N–H and O–H groups in total. The second-order valence-corrected chi connectivity index (χ2v) is 12.7. The zero-order valence-corrected chi connectivity index (χ0v) is 22.8. The predicted molar refractivity (Wildman–Crippen MR) is 152 cm³/mol. The van der Waals surface area contributed by atoms with Crippen LogP contribution in [0.5, 0.6) is 0 Å². The number of carbonyl (C=O) groups is 2. The molecule has 3 fully saturated rings. The lowest BCUT2D eigenvalue weighted by atomic mass is 9.48. The molecule has 0 heterocycles. The Morgan fingerprint density at radius 2 is 1.62 bits per heavy atom. The van der Waals surface area contributed by atoms with Crippen LogP contribution in [0.4, 0.5) is 4.39 Å². The number of allylic oxidation sites excluding steroid dienone is 3. The zero-order chi connectivity index (χ0) is 27.4. The molecule has 0 spiro atoms. The normalized spacial score (nSPS) is 34.9. The van der Waals surface area contributed by atoms with Crippen molar-refractivity contribution in [3.05, 3.63) is 94.3 Å². The average molecular weight is 525 g/mol. The van der Waals surface area contributed by atoms with Crippen LogP contribution in [0.3, 0.4) is 0 Å². The first-order chi connectivity index (χ1) is 18.7. The van der Waals surface area contributed by atoms with Crippen LogP contribution < -0.4 is 0 Å². The van der Waals surface area contributed by atoms with E-state index in [1.807, 2.05) is 24.3 Å². The van der Waals surface area contributed by atoms with E-state index in [0.717, 1.165) is 61.6 Å². The van der Waals surface area contributed by atoms with Gasteiger partial charge in [-0.05, 0) is 121 Å². The van der Waals surface area contributed by atoms with E-state index in [-0.39, 0.29) is 28.5 Å². The summed E-state index contributed by atoms with van der Waals surface area (Å²) in [4.78, 5) is 26.1. The summed E-state index contributed by atoms with van der Waals surface area (Å²) in [6.45, 7) is 4.62. The number of hydrogen-bond acceptors (Lipinski definition) is 3. The summed E-state index contributed by atoms with van der Waals surface area (Å²) in [7, 11) is 0. The minimum atomic E-state index is -0.363. The molecule has 4 aliphatic rings. The fourth-order valence-electron chi connectivity index (χ4n) is 8.23. The highest BCUT2D eigenvalue weighted by Gasteiger charge is 2.59. The molecule has 6 atom stereocenters. The monoisotopic (exact) mass is 524 g/mol. The SMILES string of the molecule is C[C@]12CC[C@H](O)CC1=CCC1C2CC[C@]2(C)C(=O)/C(=C/c3ccc(/C=C/C(=O)c4ccc(F)cc4)cc3)CC12. The maximum absolute atomic E-state index is 13.8. The van der Waals surface area contributed by atoms with Gasteiger partial charge in [-0.25, -0.2) is 4.39 Å². The lowest BCUT2D eigenvalue weighted by molar-refractivity contribution is -0.130. The molecule has 3 saturated carbocycles. The van der Waals surface area contributed by atoms with Crippen LogP contribution in [0.15, 0.2) is 71.8 Å². The Kier molecular flexibility index (Phi) is 6.58. The first-order valence-corrected chi connectivity index (χ1v) is 14.4. The standard InChI is InChI=1S/C35H37FO3/c1-34-17-15-28(37)21-26(34)10-13-29-30(34)16-18-35(2)31(29)20-25(33(35)39)19-23-5-3-22(4-6-23)7-14-32(38)24-8-11-27(36)12-9-24/h3-12,14,19,28-31,37H,13,15-18,20-21H2,1-2H3/b14-7+,25-19+/t28-,29?,30?,31?,34-,35-/m0/s1. The summed E-state index contributed by atoms with van der Waals surface area (Å²) in [5, 5.41) is 10.3. The van der Waals surface area contributed by atoms with E-state index in [4.69, 9.17) is 0 Å². The molecule has 3 unspecified atom stereocenters. The minimum absolute atomic E-state index is 0.167. The van der Waals surface area contributed by atoms with Crippen molar-refractivity contribution in [3.63, 3.8) is 0 Å². The van der Waals surface area contributed by atoms with Crippen LogP contribution in [0.25, 0.3) is 12.2 Å². The van der Waals surface area contributed by atoms with E-state index in [9.17, 15) is 19.1 Å². The molecule has 0 aromatic heterocycles. The van der Waals surface area contributed by atoms with E-state index in [1.54, 1.807) is 6.08 Å². The summed E-state index contributed by atoms with van der Waals surface area (Å²) in [5.41, 5.74) is 4.62. The fraction of sp³-hybridized carbons (Fsp3) is 0.429. The van der Waals surface area contributed by atoms with E-state index in [0.29, 0.717) is 29.1 Å². The van der Waals surface area contributed by atoms with Crippen molar-refractivity contribution in [2.75, 3.05) is 0 Å². The lowest BCUT2D eigenvalue weighted by Gasteiger charge is -2.56. The third kappa shape index (κ3) is 4.57. The molecule has 39 heavy (non-hydrogen) atoms. The Balaban J connectivity index is 1.18.